The summed E-state index contributed by atoms with van der Waals surface area (Å²) in [6, 6.07) is 34.6. The van der Waals surface area contributed by atoms with Gasteiger partial charge in [-0.3, -0.25) is 0 Å². The quantitative estimate of drug-likeness (QED) is 0.171. The van der Waals surface area contributed by atoms with E-state index in [1.54, 1.807) is 0 Å². The molecule has 0 amide bonds. The molecular weight excluding hydrogens is 480 g/mol. The first-order valence-electron chi connectivity index (χ1n) is 15.1. The molecule has 6 aromatic rings. The highest BCUT2D eigenvalue weighted by molar-refractivity contribution is 6.06. The topological polar surface area (TPSA) is 0 Å². The molecule has 210 valence electrons. The molecule has 0 aliphatic carbocycles. The maximum Gasteiger partial charge on any atom is -0.0146 e. The third-order valence-corrected chi connectivity index (χ3v) is 6.94. The van der Waals surface area contributed by atoms with Gasteiger partial charge in [-0.1, -0.05) is 151 Å². The predicted molar refractivity (Wildman–Crippen MR) is 185 cm³/mol. The third kappa shape index (κ3) is 7.30. The van der Waals surface area contributed by atoms with E-state index in [4.69, 9.17) is 0 Å². The van der Waals surface area contributed by atoms with Crippen molar-refractivity contribution in [1.82, 2.24) is 0 Å². The lowest BCUT2D eigenvalue weighted by Gasteiger charge is -2.11. The second kappa shape index (κ2) is 16.5. The average molecular weight is 531 g/mol. The molecule has 0 fully saturated rings. The molecule has 0 saturated carbocycles. The fourth-order valence-electron chi connectivity index (χ4n) is 5.13. The Balaban J connectivity index is 0.000000223. The molecule has 0 heteroatoms. The van der Waals surface area contributed by atoms with Crippen LogP contribution in [-0.2, 0) is 0 Å². The highest BCUT2D eigenvalue weighted by Crippen LogP contribution is 2.32. The Morgan fingerprint density at radius 1 is 0.300 bits per heavy atom. The van der Waals surface area contributed by atoms with Crippen LogP contribution in [0.4, 0.5) is 0 Å². The van der Waals surface area contributed by atoms with Gasteiger partial charge in [-0.25, -0.2) is 0 Å². The van der Waals surface area contributed by atoms with Gasteiger partial charge in [0.05, 0.1) is 0 Å². The van der Waals surface area contributed by atoms with E-state index < -0.39 is 0 Å². The van der Waals surface area contributed by atoms with Crippen molar-refractivity contribution in [2.45, 2.75) is 82.1 Å². The summed E-state index contributed by atoms with van der Waals surface area (Å²) in [6.45, 7) is 21.3. The van der Waals surface area contributed by atoms with Crippen LogP contribution in [0.5, 0.6) is 0 Å². The van der Waals surface area contributed by atoms with E-state index in [0.717, 1.165) is 0 Å². The smallest absolute Gasteiger partial charge is 0.0146 e. The number of rotatable bonds is 0. The largest absolute Gasteiger partial charge is 0.0683 e. The van der Waals surface area contributed by atoms with E-state index in [0.29, 0.717) is 0 Å². The molecule has 0 radical (unpaired) electrons. The summed E-state index contributed by atoms with van der Waals surface area (Å²) in [4.78, 5) is 0. The molecule has 0 unspecified atom stereocenters. The molecule has 40 heavy (non-hydrogen) atoms. The summed E-state index contributed by atoms with van der Waals surface area (Å²) < 4.78 is 0. The first-order chi connectivity index (χ1) is 19.4. The highest BCUT2D eigenvalue weighted by Gasteiger charge is 2.07. The van der Waals surface area contributed by atoms with Crippen molar-refractivity contribution in [3.63, 3.8) is 0 Å². The van der Waals surface area contributed by atoms with E-state index in [1.807, 2.05) is 13.8 Å². The molecule has 6 rings (SSSR count). The number of benzene rings is 6. The van der Waals surface area contributed by atoms with Gasteiger partial charge >= 0.3 is 0 Å². The van der Waals surface area contributed by atoms with Gasteiger partial charge in [0.1, 0.15) is 0 Å². The summed E-state index contributed by atoms with van der Waals surface area (Å²) in [6.07, 6.45) is 2.50. The SMILES string of the molecule is CC.CCC.CCC.Cc1c2ccccc2c(C)c2ccccc12.Cc1c2ccccc2c(C)c2ccccc12. The number of hydrogen-bond donors (Lipinski definition) is 0. The monoisotopic (exact) mass is 530 g/mol. The van der Waals surface area contributed by atoms with Crippen molar-refractivity contribution >= 4 is 43.1 Å². The molecule has 0 aliphatic rings. The van der Waals surface area contributed by atoms with Crippen LogP contribution in [0.1, 0.15) is 76.6 Å². The molecule has 6 aromatic carbocycles. The van der Waals surface area contributed by atoms with Crippen LogP contribution < -0.4 is 0 Å². The molecule has 0 bridgehead atoms. The molecule has 0 nitrogen and oxygen atoms in total. The van der Waals surface area contributed by atoms with E-state index in [2.05, 4.69) is 152 Å². The summed E-state index contributed by atoms with van der Waals surface area (Å²) in [5.74, 6) is 0. The van der Waals surface area contributed by atoms with Crippen LogP contribution >= 0.6 is 0 Å². The fraction of sp³-hybridized carbons (Fsp3) is 0.300. The lowest BCUT2D eigenvalue weighted by molar-refractivity contribution is 1.09. The Morgan fingerprint density at radius 2 is 0.400 bits per heavy atom. The normalized spacial score (nSPS) is 9.95. The van der Waals surface area contributed by atoms with Crippen molar-refractivity contribution < 1.29 is 0 Å². The number of aryl methyl sites for hydroxylation is 4. The molecule has 0 saturated heterocycles. The summed E-state index contributed by atoms with van der Waals surface area (Å²) in [7, 11) is 0. The van der Waals surface area contributed by atoms with Gasteiger partial charge in [-0.2, -0.15) is 0 Å². The van der Waals surface area contributed by atoms with Crippen molar-refractivity contribution in [1.29, 1.82) is 0 Å². The van der Waals surface area contributed by atoms with Gasteiger partial charge < -0.3 is 0 Å². The molecule has 0 aromatic heterocycles. The van der Waals surface area contributed by atoms with E-state index in [-0.39, 0.29) is 0 Å². The van der Waals surface area contributed by atoms with Gasteiger partial charge in [-0.15, -0.1) is 0 Å². The minimum atomic E-state index is 1.25. The second-order valence-corrected chi connectivity index (χ2v) is 10.1. The Hall–Kier alpha value is -3.64. The van der Waals surface area contributed by atoms with E-state index in [9.17, 15) is 0 Å². The zero-order valence-electron chi connectivity index (χ0n) is 26.7. The molecule has 0 spiro atoms. The summed E-state index contributed by atoms with van der Waals surface area (Å²) >= 11 is 0. The van der Waals surface area contributed by atoms with Crippen LogP contribution in [-0.4, -0.2) is 0 Å². The van der Waals surface area contributed by atoms with Crippen molar-refractivity contribution in [3.05, 3.63) is 119 Å². The first-order valence-corrected chi connectivity index (χ1v) is 15.1. The maximum absolute atomic E-state index is 2.21. The van der Waals surface area contributed by atoms with Gasteiger partial charge in [0.15, 0.2) is 0 Å². The number of fused-ring (bicyclic) bond motifs is 4. The number of hydrogen-bond acceptors (Lipinski definition) is 0. The lowest BCUT2D eigenvalue weighted by Crippen LogP contribution is -1.87. The van der Waals surface area contributed by atoms with E-state index >= 15 is 0 Å². The van der Waals surface area contributed by atoms with Crippen LogP contribution in [0.2, 0.25) is 0 Å². The van der Waals surface area contributed by atoms with Gasteiger partial charge in [-0.05, 0) is 93.0 Å². The van der Waals surface area contributed by atoms with Crippen LogP contribution in [0.25, 0.3) is 43.1 Å². The highest BCUT2D eigenvalue weighted by atomic mass is 14.1. The lowest BCUT2D eigenvalue weighted by atomic mass is 9.93. The minimum Gasteiger partial charge on any atom is -0.0683 e. The summed E-state index contributed by atoms with van der Waals surface area (Å²) in [5.41, 5.74) is 5.54. The van der Waals surface area contributed by atoms with Crippen LogP contribution in [0.15, 0.2) is 97.1 Å². The van der Waals surface area contributed by atoms with Crippen molar-refractivity contribution in [2.24, 2.45) is 0 Å². The van der Waals surface area contributed by atoms with Gasteiger partial charge in [0.2, 0.25) is 0 Å². The third-order valence-electron chi connectivity index (χ3n) is 6.94. The molecule has 0 aliphatic heterocycles. The van der Waals surface area contributed by atoms with Crippen LogP contribution in [0, 0.1) is 27.7 Å². The zero-order valence-corrected chi connectivity index (χ0v) is 26.7. The molecule has 0 atom stereocenters. The fourth-order valence-corrected chi connectivity index (χ4v) is 5.13. The maximum atomic E-state index is 2.21. The second-order valence-electron chi connectivity index (χ2n) is 10.1. The minimum absolute atomic E-state index is 1.25. The molecule has 0 heterocycles. The van der Waals surface area contributed by atoms with Crippen LogP contribution in [0.3, 0.4) is 0 Å². The summed E-state index contributed by atoms with van der Waals surface area (Å²) in [5, 5.41) is 11.0. The van der Waals surface area contributed by atoms with Crippen molar-refractivity contribution in [2.75, 3.05) is 0 Å². The molecular formula is C40H50. The Morgan fingerprint density at radius 3 is 0.500 bits per heavy atom. The molecule has 0 N–H and O–H groups in total. The van der Waals surface area contributed by atoms with E-state index in [1.165, 1.54) is 78.2 Å². The van der Waals surface area contributed by atoms with Gasteiger partial charge in [0.25, 0.3) is 0 Å². The first kappa shape index (κ1) is 32.6. The van der Waals surface area contributed by atoms with Gasteiger partial charge in [0, 0.05) is 0 Å². The Labute approximate surface area is 244 Å². The predicted octanol–water partition coefficient (Wildman–Crippen LogP) is 13.1. The van der Waals surface area contributed by atoms with Crippen molar-refractivity contribution in [3.8, 4) is 0 Å². The Kier molecular flexibility index (Phi) is 13.4. The Bertz CT molecular complexity index is 1280. The average Bonchev–Trinajstić information content (AvgIpc) is 3.01. The zero-order chi connectivity index (χ0) is 29.7. The standard InChI is InChI=1S/2C16H14.2C3H8.C2H6/c2*1-11-13-7-3-5-9-15(13)12(2)16-10-6-4-8-14(11)16;2*1-3-2;1-2/h2*3-10H,1-2H3;2*3H2,1-2H3;1-2H3.